The highest BCUT2D eigenvalue weighted by molar-refractivity contribution is 5.70. The minimum Gasteiger partial charge on any atom is -0.447 e. The van der Waals surface area contributed by atoms with Crippen LogP contribution in [0.1, 0.15) is 6.23 Å². The molecule has 0 spiro atoms. The van der Waals surface area contributed by atoms with E-state index in [1.165, 1.54) is 10.9 Å². The van der Waals surface area contributed by atoms with E-state index >= 15 is 0 Å². The molecular formula is C11H14N6O6. The first kappa shape index (κ1) is 15.2. The number of fused-ring (bicyclic) bond motifs is 1. The number of nitrogens with one attached hydrogen (secondary N) is 1. The third-order valence-corrected chi connectivity index (χ3v) is 3.45. The molecule has 2 unspecified atom stereocenters. The number of rotatable bonds is 3. The summed E-state index contributed by atoms with van der Waals surface area (Å²) in [4.78, 5) is 32.5. The van der Waals surface area contributed by atoms with Gasteiger partial charge in [0.15, 0.2) is 17.4 Å². The van der Waals surface area contributed by atoms with Crippen LogP contribution >= 0.6 is 0 Å². The number of anilines is 1. The van der Waals surface area contributed by atoms with Crippen molar-refractivity contribution in [3.63, 3.8) is 0 Å². The molecule has 2 aromatic rings. The second-order valence-electron chi connectivity index (χ2n) is 4.95. The van der Waals surface area contributed by atoms with Crippen LogP contribution < -0.4 is 17.0 Å². The summed E-state index contributed by atoms with van der Waals surface area (Å²) in [6, 6.07) is 0. The Labute approximate surface area is 127 Å². The van der Waals surface area contributed by atoms with Gasteiger partial charge in [0.25, 0.3) is 5.56 Å². The molecule has 1 aliphatic rings. The van der Waals surface area contributed by atoms with Crippen molar-refractivity contribution in [1.29, 1.82) is 0 Å². The molecule has 12 nitrogen and oxygen atoms in total. The van der Waals surface area contributed by atoms with E-state index in [1.807, 2.05) is 0 Å². The minimum atomic E-state index is -1.36. The number of nitrogen functional groups attached to an aromatic ring is 1. The van der Waals surface area contributed by atoms with Gasteiger partial charge >= 0.3 is 6.09 Å². The number of nitrogens with zero attached hydrogens (tertiary/aromatic N) is 3. The molecule has 7 N–H and O–H groups in total. The SMILES string of the molecule is NC(=O)OC[C@H]1O[C@@H](n2cnc3c(=O)[nH]c(N)nc32)C(O)C1O. The van der Waals surface area contributed by atoms with E-state index in [-0.39, 0.29) is 23.7 Å². The van der Waals surface area contributed by atoms with Crippen molar-refractivity contribution < 1.29 is 24.5 Å². The van der Waals surface area contributed by atoms with Gasteiger partial charge in [0.1, 0.15) is 24.9 Å². The fourth-order valence-corrected chi connectivity index (χ4v) is 2.39. The fraction of sp³-hybridized carbons (Fsp3) is 0.455. The lowest BCUT2D eigenvalue weighted by molar-refractivity contribution is -0.0526. The van der Waals surface area contributed by atoms with Crippen LogP contribution in [0.25, 0.3) is 11.2 Å². The maximum absolute atomic E-state index is 11.7. The first-order valence-corrected chi connectivity index (χ1v) is 6.54. The Bertz CT molecular complexity index is 802. The first-order chi connectivity index (χ1) is 10.9. The largest absolute Gasteiger partial charge is 0.447 e. The third kappa shape index (κ3) is 2.58. The molecule has 1 saturated heterocycles. The molecule has 0 aliphatic carbocycles. The molecule has 23 heavy (non-hydrogen) atoms. The molecule has 0 aromatic carbocycles. The fourth-order valence-electron chi connectivity index (χ4n) is 2.39. The number of nitrogens with two attached hydrogens (primary N) is 2. The molecule has 1 fully saturated rings. The standard InChI is InChI=1S/C11H14N6O6/c12-10-15-7-4(8(20)16-10)14-2-17(7)9-6(19)5(18)3(23-9)1-22-11(13)21/h2-3,5-6,9,18-19H,1H2,(H2,13,21)(H3,12,15,16,20)/t3-,5?,6?,9-/m1/s1. The van der Waals surface area contributed by atoms with Crippen LogP contribution in [0.4, 0.5) is 10.7 Å². The molecule has 1 aliphatic heterocycles. The number of hydrogen-bond donors (Lipinski definition) is 5. The van der Waals surface area contributed by atoms with Gasteiger partial charge in [-0.1, -0.05) is 0 Å². The normalized spacial score (nSPS) is 27.4. The van der Waals surface area contributed by atoms with Crippen LogP contribution in [0, 0.1) is 0 Å². The van der Waals surface area contributed by atoms with Gasteiger partial charge in [0.2, 0.25) is 5.95 Å². The topological polar surface area (TPSA) is 192 Å². The lowest BCUT2D eigenvalue weighted by atomic mass is 10.1. The van der Waals surface area contributed by atoms with Gasteiger partial charge in [-0.2, -0.15) is 4.98 Å². The highest BCUT2D eigenvalue weighted by Crippen LogP contribution is 2.31. The number of primary amides is 1. The minimum absolute atomic E-state index is 0.00123. The molecule has 12 heteroatoms. The lowest BCUT2D eigenvalue weighted by Gasteiger charge is -2.16. The second-order valence-corrected chi connectivity index (χ2v) is 4.95. The Kier molecular flexibility index (Phi) is 3.63. The van der Waals surface area contributed by atoms with Crippen LogP contribution in [0.15, 0.2) is 11.1 Å². The van der Waals surface area contributed by atoms with Crippen LogP contribution in [-0.4, -0.2) is 60.7 Å². The van der Waals surface area contributed by atoms with Crippen molar-refractivity contribution in [2.45, 2.75) is 24.5 Å². The number of amides is 1. The number of carbonyl (C=O) groups is 1. The van der Waals surface area contributed by atoms with E-state index in [4.69, 9.17) is 16.2 Å². The molecule has 3 heterocycles. The smallest absolute Gasteiger partial charge is 0.404 e. The van der Waals surface area contributed by atoms with Gasteiger partial charge in [0.05, 0.1) is 6.33 Å². The average Bonchev–Trinajstić information content (AvgIpc) is 3.00. The third-order valence-electron chi connectivity index (χ3n) is 3.45. The number of ether oxygens (including phenoxy) is 2. The van der Waals surface area contributed by atoms with Gasteiger partial charge in [-0.15, -0.1) is 0 Å². The van der Waals surface area contributed by atoms with Gasteiger partial charge in [-0.25, -0.2) is 9.78 Å². The number of carbonyl (C=O) groups excluding carboxylic acids is 1. The van der Waals surface area contributed by atoms with E-state index in [1.54, 1.807) is 0 Å². The first-order valence-electron chi connectivity index (χ1n) is 6.54. The van der Waals surface area contributed by atoms with Crippen molar-refractivity contribution in [2.75, 3.05) is 12.3 Å². The Balaban J connectivity index is 1.93. The van der Waals surface area contributed by atoms with E-state index in [9.17, 15) is 19.8 Å². The predicted octanol–water partition coefficient (Wildman–Crippen LogP) is -2.58. The molecule has 0 saturated carbocycles. The Morgan fingerprint density at radius 1 is 1.48 bits per heavy atom. The Morgan fingerprint density at radius 3 is 2.91 bits per heavy atom. The molecule has 3 rings (SSSR count). The number of aliphatic hydroxyl groups is 2. The van der Waals surface area contributed by atoms with Crippen molar-refractivity contribution in [3.8, 4) is 0 Å². The summed E-state index contributed by atoms with van der Waals surface area (Å²) in [6.07, 6.45) is -4.60. The molecule has 124 valence electrons. The van der Waals surface area contributed by atoms with E-state index < -0.39 is 36.2 Å². The van der Waals surface area contributed by atoms with Crippen LogP contribution in [0.5, 0.6) is 0 Å². The number of aliphatic hydroxyl groups excluding tert-OH is 2. The highest BCUT2D eigenvalue weighted by atomic mass is 16.6. The second kappa shape index (κ2) is 5.49. The van der Waals surface area contributed by atoms with Crippen molar-refractivity contribution in [3.05, 3.63) is 16.7 Å². The maximum atomic E-state index is 11.7. The molecule has 4 atom stereocenters. The summed E-state index contributed by atoms with van der Waals surface area (Å²) in [6.45, 7) is -0.340. The predicted molar refractivity (Wildman–Crippen MR) is 74.0 cm³/mol. The van der Waals surface area contributed by atoms with Crippen molar-refractivity contribution in [1.82, 2.24) is 19.5 Å². The van der Waals surface area contributed by atoms with Gasteiger partial charge < -0.3 is 31.2 Å². The number of hydrogen-bond acceptors (Lipinski definition) is 9. The van der Waals surface area contributed by atoms with Gasteiger partial charge in [-0.3, -0.25) is 14.3 Å². The highest BCUT2D eigenvalue weighted by Gasteiger charge is 2.44. The zero-order valence-electron chi connectivity index (χ0n) is 11.6. The van der Waals surface area contributed by atoms with Crippen LogP contribution in [0.3, 0.4) is 0 Å². The van der Waals surface area contributed by atoms with Crippen LogP contribution in [0.2, 0.25) is 0 Å². The van der Waals surface area contributed by atoms with Crippen molar-refractivity contribution in [2.24, 2.45) is 5.73 Å². The van der Waals surface area contributed by atoms with Crippen molar-refractivity contribution >= 4 is 23.2 Å². The molecule has 0 bridgehead atoms. The van der Waals surface area contributed by atoms with E-state index in [0.29, 0.717) is 0 Å². The van der Waals surface area contributed by atoms with Gasteiger partial charge in [-0.05, 0) is 0 Å². The summed E-state index contributed by atoms with van der Waals surface area (Å²) >= 11 is 0. The summed E-state index contributed by atoms with van der Waals surface area (Å²) in [7, 11) is 0. The molecule has 1 amide bonds. The van der Waals surface area contributed by atoms with E-state index in [2.05, 4.69) is 19.7 Å². The summed E-state index contributed by atoms with van der Waals surface area (Å²) in [5, 5.41) is 20.1. The number of H-pyrrole nitrogens is 1. The number of aromatic nitrogens is 4. The Hall–Kier alpha value is -2.70. The van der Waals surface area contributed by atoms with Crippen LogP contribution in [-0.2, 0) is 9.47 Å². The monoisotopic (exact) mass is 326 g/mol. The quantitative estimate of drug-likeness (QED) is 0.402. The number of aromatic amines is 1. The molecule has 2 aromatic heterocycles. The summed E-state index contributed by atoms with van der Waals surface area (Å²) in [5.41, 5.74) is 9.87. The zero-order chi connectivity index (χ0) is 16.7. The Morgan fingerprint density at radius 2 is 2.22 bits per heavy atom. The maximum Gasteiger partial charge on any atom is 0.404 e. The molecular weight excluding hydrogens is 312 g/mol. The summed E-state index contributed by atoms with van der Waals surface area (Å²) < 4.78 is 11.3. The zero-order valence-corrected chi connectivity index (χ0v) is 11.6. The summed E-state index contributed by atoms with van der Waals surface area (Å²) in [5.74, 6) is -0.133. The average molecular weight is 326 g/mol. The number of imidazole rings is 1. The van der Waals surface area contributed by atoms with E-state index in [0.717, 1.165) is 0 Å². The molecule has 0 radical (unpaired) electrons. The van der Waals surface area contributed by atoms with Gasteiger partial charge in [0, 0.05) is 0 Å². The lowest BCUT2D eigenvalue weighted by Crippen LogP contribution is -2.35.